The van der Waals surface area contributed by atoms with Crippen molar-refractivity contribution in [2.24, 2.45) is 0 Å². The molecule has 0 bridgehead atoms. The molecule has 0 saturated heterocycles. The Kier molecular flexibility index (Phi) is 13.0. The van der Waals surface area contributed by atoms with Crippen LogP contribution < -0.4 is 19.3 Å². The Balaban J connectivity index is 0.744. The molecule has 0 fully saturated rings. The van der Waals surface area contributed by atoms with E-state index in [0.717, 1.165) is 90.8 Å². The largest absolute Gasteiger partial charge is 0.457 e. The van der Waals surface area contributed by atoms with Crippen LogP contribution in [0.25, 0.3) is 35.7 Å². The zero-order chi connectivity index (χ0) is 45.7. The third kappa shape index (κ3) is 10.6. The topological polar surface area (TPSA) is 50.7 Å². The molecule has 10 aromatic rings. The van der Waals surface area contributed by atoms with Crippen molar-refractivity contribution in [2.45, 2.75) is 0 Å². The van der Waals surface area contributed by atoms with Crippen LogP contribution >= 0.6 is 0 Å². The SMILES string of the molecule is C(=C\c1ccnc(-c2cc(/C=C/c3ccc(Oc4ccc(N(c5ccccc5)c5ccccc5)cc4)cc3)ccn2)c1)/c1ccc(Oc2ccc(N(c3ccccc3)c3ccccc3)cc2)cc1. The number of hydrogen-bond acceptors (Lipinski definition) is 6. The number of nitrogens with zero attached hydrogens (tertiary/aromatic N) is 4. The Bertz CT molecular complexity index is 2930. The lowest BCUT2D eigenvalue weighted by atomic mass is 10.1. The first-order chi connectivity index (χ1) is 33.7. The van der Waals surface area contributed by atoms with Crippen molar-refractivity contribution in [1.82, 2.24) is 9.97 Å². The van der Waals surface area contributed by atoms with Crippen molar-refractivity contribution in [1.29, 1.82) is 0 Å². The summed E-state index contributed by atoms with van der Waals surface area (Å²) in [5.74, 6) is 3.07. The van der Waals surface area contributed by atoms with Crippen molar-refractivity contribution in [3.05, 3.63) is 277 Å². The molecule has 10 rings (SSSR count). The third-order valence-electron chi connectivity index (χ3n) is 11.2. The first-order valence-corrected chi connectivity index (χ1v) is 22.5. The Hall–Kier alpha value is -9.26. The Labute approximate surface area is 397 Å². The van der Waals surface area contributed by atoms with Gasteiger partial charge in [-0.1, -0.05) is 121 Å². The van der Waals surface area contributed by atoms with Crippen LogP contribution in [-0.2, 0) is 0 Å². The highest BCUT2D eigenvalue weighted by Crippen LogP contribution is 2.37. The van der Waals surface area contributed by atoms with Gasteiger partial charge in [0.2, 0.25) is 0 Å². The molecule has 2 aromatic heterocycles. The molecule has 0 unspecified atom stereocenters. The van der Waals surface area contributed by atoms with E-state index < -0.39 is 0 Å². The van der Waals surface area contributed by atoms with Gasteiger partial charge >= 0.3 is 0 Å². The minimum Gasteiger partial charge on any atom is -0.457 e. The molecule has 68 heavy (non-hydrogen) atoms. The molecule has 326 valence electrons. The summed E-state index contributed by atoms with van der Waals surface area (Å²) in [6, 6.07) is 82.1. The van der Waals surface area contributed by atoms with Crippen LogP contribution in [0, 0.1) is 0 Å². The van der Waals surface area contributed by atoms with Gasteiger partial charge in [0.15, 0.2) is 0 Å². The van der Waals surface area contributed by atoms with Crippen molar-refractivity contribution in [3.8, 4) is 34.4 Å². The summed E-state index contributed by atoms with van der Waals surface area (Å²) in [4.78, 5) is 13.8. The van der Waals surface area contributed by atoms with Gasteiger partial charge in [-0.2, -0.15) is 0 Å². The Morgan fingerprint density at radius 3 is 0.838 bits per heavy atom. The summed E-state index contributed by atoms with van der Waals surface area (Å²) in [5, 5.41) is 0. The second-order valence-electron chi connectivity index (χ2n) is 16.0. The molecule has 0 spiro atoms. The monoisotopic (exact) mass is 878 g/mol. The van der Waals surface area contributed by atoms with E-state index in [9.17, 15) is 0 Å². The minimum absolute atomic E-state index is 0.767. The van der Waals surface area contributed by atoms with Crippen LogP contribution in [0.3, 0.4) is 0 Å². The van der Waals surface area contributed by atoms with Crippen LogP contribution in [0.4, 0.5) is 34.1 Å². The molecule has 0 saturated carbocycles. The van der Waals surface area contributed by atoms with E-state index >= 15 is 0 Å². The lowest BCUT2D eigenvalue weighted by Crippen LogP contribution is -2.09. The number of anilines is 6. The van der Waals surface area contributed by atoms with Gasteiger partial charge in [0, 0.05) is 46.5 Å². The molecular formula is C62H46N4O2. The van der Waals surface area contributed by atoms with Crippen LogP contribution in [0.1, 0.15) is 22.3 Å². The minimum atomic E-state index is 0.767. The number of rotatable bonds is 15. The highest BCUT2D eigenvalue weighted by atomic mass is 16.5. The Morgan fingerprint density at radius 2 is 0.529 bits per heavy atom. The summed E-state index contributed by atoms with van der Waals surface area (Å²) in [7, 11) is 0. The molecule has 0 aliphatic heterocycles. The van der Waals surface area contributed by atoms with Crippen molar-refractivity contribution >= 4 is 58.4 Å². The van der Waals surface area contributed by atoms with Crippen molar-refractivity contribution < 1.29 is 9.47 Å². The number of ether oxygens (including phenoxy) is 2. The van der Waals surface area contributed by atoms with Crippen LogP contribution in [0.15, 0.2) is 255 Å². The highest BCUT2D eigenvalue weighted by Gasteiger charge is 2.14. The molecule has 2 heterocycles. The zero-order valence-electron chi connectivity index (χ0n) is 37.2. The smallest absolute Gasteiger partial charge is 0.127 e. The van der Waals surface area contributed by atoms with E-state index in [0.29, 0.717) is 0 Å². The fourth-order valence-electron chi connectivity index (χ4n) is 7.86. The third-order valence-corrected chi connectivity index (χ3v) is 11.2. The standard InChI is InChI=1S/C62H46N4O2/c1-5-13-51(14-6-1)65(52-15-7-2-8-16-52)55-29-37-59(38-30-55)67-57-33-25-47(26-34-57)21-23-49-41-43-63-61(45-49)62-46-50(42-44-64-62)24-22-48-27-35-58(36-28-48)68-60-39-31-56(32-40-60)66(53-17-9-3-10-18-53)54-19-11-4-12-20-54/h1-46H/b23-21+,24-22+. The van der Waals surface area contributed by atoms with Gasteiger partial charge < -0.3 is 19.3 Å². The quantitative estimate of drug-likeness (QED) is 0.102. The van der Waals surface area contributed by atoms with Gasteiger partial charge in [-0.05, 0) is 168 Å². The normalized spacial score (nSPS) is 11.1. The average Bonchev–Trinajstić information content (AvgIpc) is 3.41. The number of benzene rings is 8. The van der Waals surface area contributed by atoms with Gasteiger partial charge in [0.1, 0.15) is 23.0 Å². The van der Waals surface area contributed by atoms with E-state index in [1.165, 1.54) is 0 Å². The second-order valence-corrected chi connectivity index (χ2v) is 16.0. The molecule has 6 nitrogen and oxygen atoms in total. The first-order valence-electron chi connectivity index (χ1n) is 22.5. The predicted octanol–water partition coefficient (Wildman–Crippen LogP) is 17.0. The summed E-state index contributed by atoms with van der Waals surface area (Å²) >= 11 is 0. The fraction of sp³-hybridized carbons (Fsp3) is 0. The molecule has 0 amide bonds. The van der Waals surface area contributed by atoms with E-state index in [1.807, 2.05) is 97.3 Å². The average molecular weight is 879 g/mol. The lowest BCUT2D eigenvalue weighted by molar-refractivity contribution is 0.482. The van der Waals surface area contributed by atoms with Gasteiger partial charge in [-0.3, -0.25) is 9.97 Å². The predicted molar refractivity (Wildman–Crippen MR) is 281 cm³/mol. The zero-order valence-corrected chi connectivity index (χ0v) is 37.2. The summed E-state index contributed by atoms with van der Waals surface area (Å²) in [6.07, 6.45) is 12.0. The highest BCUT2D eigenvalue weighted by molar-refractivity contribution is 5.79. The molecule has 0 atom stereocenters. The van der Waals surface area contributed by atoms with Crippen LogP contribution in [0.5, 0.6) is 23.0 Å². The van der Waals surface area contributed by atoms with Crippen molar-refractivity contribution in [2.75, 3.05) is 9.80 Å². The van der Waals surface area contributed by atoms with Gasteiger partial charge in [0.05, 0.1) is 11.4 Å². The molecule has 0 aliphatic rings. The molecule has 6 heteroatoms. The summed E-state index contributed by atoms with van der Waals surface area (Å²) in [6.45, 7) is 0. The summed E-state index contributed by atoms with van der Waals surface area (Å²) < 4.78 is 12.5. The molecular weight excluding hydrogens is 833 g/mol. The molecule has 8 aromatic carbocycles. The number of para-hydroxylation sites is 4. The second kappa shape index (κ2) is 20.7. The maximum absolute atomic E-state index is 6.24. The Morgan fingerprint density at radius 1 is 0.265 bits per heavy atom. The van der Waals surface area contributed by atoms with Crippen LogP contribution in [-0.4, -0.2) is 9.97 Å². The van der Waals surface area contributed by atoms with Gasteiger partial charge in [-0.25, -0.2) is 0 Å². The first kappa shape index (κ1) is 42.7. The lowest BCUT2D eigenvalue weighted by Gasteiger charge is -2.25. The fourth-order valence-corrected chi connectivity index (χ4v) is 7.86. The van der Waals surface area contributed by atoms with E-state index in [1.54, 1.807) is 0 Å². The van der Waals surface area contributed by atoms with Gasteiger partial charge in [-0.15, -0.1) is 0 Å². The van der Waals surface area contributed by atoms with Crippen molar-refractivity contribution in [3.63, 3.8) is 0 Å². The number of pyridine rings is 2. The molecule has 0 aliphatic carbocycles. The van der Waals surface area contributed by atoms with E-state index in [2.05, 4.69) is 202 Å². The number of aromatic nitrogens is 2. The molecule has 0 radical (unpaired) electrons. The molecule has 0 N–H and O–H groups in total. The maximum atomic E-state index is 6.24. The van der Waals surface area contributed by atoms with Crippen LogP contribution in [0.2, 0.25) is 0 Å². The van der Waals surface area contributed by atoms with Gasteiger partial charge in [0.25, 0.3) is 0 Å². The van der Waals surface area contributed by atoms with E-state index in [4.69, 9.17) is 9.47 Å². The number of hydrogen-bond donors (Lipinski definition) is 0. The summed E-state index contributed by atoms with van der Waals surface area (Å²) in [5.41, 5.74) is 12.2. The van der Waals surface area contributed by atoms with E-state index in [-0.39, 0.29) is 0 Å². The maximum Gasteiger partial charge on any atom is 0.127 e.